The molecule has 0 spiro atoms. The fraction of sp³-hybridized carbons (Fsp3) is 0.100. The van der Waals surface area contributed by atoms with Crippen molar-refractivity contribution in [2.45, 2.75) is 12.8 Å². The molecule has 32 heavy (non-hydrogen) atoms. The van der Waals surface area contributed by atoms with Gasteiger partial charge in [-0.3, -0.25) is 4.79 Å². The summed E-state index contributed by atoms with van der Waals surface area (Å²) in [6.45, 7) is -0.154. The average molecular weight is 559 g/mol. The van der Waals surface area contributed by atoms with Crippen molar-refractivity contribution in [3.63, 3.8) is 0 Å². The summed E-state index contributed by atoms with van der Waals surface area (Å²) in [5.74, 6) is -2.66. The number of fused-ring (bicyclic) bond motifs is 1. The molecule has 12 heteroatoms. The van der Waals surface area contributed by atoms with Crippen LogP contribution in [0.3, 0.4) is 0 Å². The molecule has 4 rings (SSSR count). The van der Waals surface area contributed by atoms with Crippen molar-refractivity contribution in [2.24, 2.45) is 0 Å². The summed E-state index contributed by atoms with van der Waals surface area (Å²) in [4.78, 5) is 15.1. The third kappa shape index (κ3) is 4.49. The first-order chi connectivity index (χ1) is 15.3. The number of carbonyl (C=O) groups excluding carboxylic acids is 1. The molecule has 7 nitrogen and oxygen atoms in total. The molecule has 0 aliphatic carbocycles. The summed E-state index contributed by atoms with van der Waals surface area (Å²) < 4.78 is 70.3. The van der Waals surface area contributed by atoms with Gasteiger partial charge in [0.2, 0.25) is 11.8 Å². The Morgan fingerprint density at radius 3 is 2.59 bits per heavy atom. The van der Waals surface area contributed by atoms with E-state index in [9.17, 15) is 22.4 Å². The molecular weight excluding hydrogens is 549 g/mol. The molecule has 0 bridgehead atoms. The zero-order valence-corrected chi connectivity index (χ0v) is 17.8. The van der Waals surface area contributed by atoms with Crippen molar-refractivity contribution in [3.8, 4) is 17.5 Å². The summed E-state index contributed by atoms with van der Waals surface area (Å²) in [6, 6.07) is 9.38. The fourth-order valence-corrected chi connectivity index (χ4v) is 3.19. The lowest BCUT2D eigenvalue weighted by Crippen LogP contribution is -2.12. The molecule has 0 fully saturated rings. The normalized spacial score (nSPS) is 11.5. The van der Waals surface area contributed by atoms with E-state index in [2.05, 4.69) is 19.9 Å². The number of pyridine rings is 1. The quantitative estimate of drug-likeness (QED) is 0.174. The third-order valence-corrected chi connectivity index (χ3v) is 5.06. The van der Waals surface area contributed by atoms with Gasteiger partial charge in [-0.25, -0.2) is 9.02 Å². The van der Waals surface area contributed by atoms with Gasteiger partial charge in [0.15, 0.2) is 17.9 Å². The number of aromatic nitrogens is 3. The molecule has 0 aliphatic rings. The summed E-state index contributed by atoms with van der Waals surface area (Å²) in [6.07, 6.45) is -4.74. The van der Waals surface area contributed by atoms with E-state index in [-0.39, 0.29) is 16.5 Å². The van der Waals surface area contributed by atoms with Gasteiger partial charge in [-0.05, 0) is 68.8 Å². The first kappa shape index (κ1) is 21.9. The summed E-state index contributed by atoms with van der Waals surface area (Å²) in [5, 5.41) is 7.35. The van der Waals surface area contributed by atoms with Crippen LogP contribution in [0.5, 0.6) is 17.5 Å². The Kier molecular flexibility index (Phi) is 5.95. The molecule has 0 saturated heterocycles. The minimum Gasteiger partial charge on any atom is -0.472 e. The minimum atomic E-state index is -4.91. The van der Waals surface area contributed by atoms with Crippen LogP contribution in [0.1, 0.15) is 21.5 Å². The van der Waals surface area contributed by atoms with Gasteiger partial charge in [-0.2, -0.15) is 18.2 Å². The van der Waals surface area contributed by atoms with Crippen molar-refractivity contribution in [3.05, 3.63) is 68.5 Å². The number of alkyl halides is 3. The van der Waals surface area contributed by atoms with E-state index in [1.807, 2.05) is 0 Å². The molecule has 0 N–H and O–H groups in total. The van der Waals surface area contributed by atoms with Crippen LogP contribution in [0, 0.1) is 9.39 Å². The van der Waals surface area contributed by atoms with Crippen molar-refractivity contribution in [1.29, 1.82) is 0 Å². The SMILES string of the molecule is O=Cc1cc(C(F)(F)F)c(Oc2cccc(I)c2F)nc1OCc1ccc2nonc2c1. The van der Waals surface area contributed by atoms with E-state index in [0.29, 0.717) is 22.7 Å². The molecular formula is C20H10F4IN3O4. The first-order valence-electron chi connectivity index (χ1n) is 8.79. The Morgan fingerprint density at radius 2 is 1.84 bits per heavy atom. The Labute approximate surface area is 190 Å². The Hall–Kier alpha value is -3.29. The fourth-order valence-electron chi connectivity index (χ4n) is 2.71. The maximum Gasteiger partial charge on any atom is 0.421 e. The second kappa shape index (κ2) is 8.68. The Bertz CT molecular complexity index is 1310. The largest absolute Gasteiger partial charge is 0.472 e. The predicted molar refractivity (Wildman–Crippen MR) is 110 cm³/mol. The third-order valence-electron chi connectivity index (χ3n) is 4.23. The summed E-state index contributed by atoms with van der Waals surface area (Å²) in [5.41, 5.74) is -0.277. The highest BCUT2D eigenvalue weighted by Gasteiger charge is 2.37. The monoisotopic (exact) mass is 559 g/mol. The average Bonchev–Trinajstić information content (AvgIpc) is 3.22. The van der Waals surface area contributed by atoms with Crippen LogP contribution in [-0.4, -0.2) is 21.6 Å². The second-order valence-corrected chi connectivity index (χ2v) is 7.54. The number of benzene rings is 2. The zero-order chi connectivity index (χ0) is 22.9. The van der Waals surface area contributed by atoms with Crippen molar-refractivity contribution >= 4 is 39.9 Å². The molecule has 0 atom stereocenters. The van der Waals surface area contributed by atoms with Crippen LogP contribution in [0.4, 0.5) is 17.6 Å². The van der Waals surface area contributed by atoms with Gasteiger partial charge in [0.1, 0.15) is 23.2 Å². The molecule has 164 valence electrons. The van der Waals surface area contributed by atoms with E-state index in [1.54, 1.807) is 40.8 Å². The van der Waals surface area contributed by atoms with Crippen molar-refractivity contribution in [1.82, 2.24) is 15.3 Å². The number of hydrogen-bond acceptors (Lipinski definition) is 7. The van der Waals surface area contributed by atoms with E-state index in [0.717, 1.165) is 6.07 Å². The standard InChI is InChI=1S/C20H10F4IN3O4/c21-17-13(25)2-1-3-16(17)31-19-12(20(22,23)24)7-11(8-29)18(26-19)30-9-10-4-5-14-15(6-10)28-32-27-14/h1-8H,9H2. The number of carbonyl (C=O) groups is 1. The first-order valence-corrected chi connectivity index (χ1v) is 9.87. The predicted octanol–water partition coefficient (Wildman–Crippen LogP) is 5.56. The lowest BCUT2D eigenvalue weighted by Gasteiger charge is -2.16. The zero-order valence-electron chi connectivity index (χ0n) is 15.7. The summed E-state index contributed by atoms with van der Waals surface area (Å²) >= 11 is 1.68. The van der Waals surface area contributed by atoms with E-state index in [4.69, 9.17) is 9.47 Å². The van der Waals surface area contributed by atoms with Gasteiger partial charge in [-0.15, -0.1) is 0 Å². The number of halogens is 5. The molecule has 0 aliphatic heterocycles. The van der Waals surface area contributed by atoms with E-state index < -0.39 is 40.6 Å². The maximum atomic E-state index is 14.3. The number of ether oxygens (including phenoxy) is 2. The number of nitrogens with zero attached hydrogens (tertiary/aromatic N) is 3. The lowest BCUT2D eigenvalue weighted by molar-refractivity contribution is -0.139. The van der Waals surface area contributed by atoms with Crippen LogP contribution >= 0.6 is 22.6 Å². The highest BCUT2D eigenvalue weighted by molar-refractivity contribution is 14.1. The number of rotatable bonds is 6. The highest BCUT2D eigenvalue weighted by atomic mass is 127. The minimum absolute atomic E-state index is 0.146. The molecule has 0 saturated carbocycles. The molecule has 0 unspecified atom stereocenters. The van der Waals surface area contributed by atoms with Gasteiger partial charge in [-0.1, -0.05) is 12.1 Å². The molecule has 0 radical (unpaired) electrons. The van der Waals surface area contributed by atoms with Gasteiger partial charge < -0.3 is 9.47 Å². The van der Waals surface area contributed by atoms with E-state index >= 15 is 0 Å². The van der Waals surface area contributed by atoms with Gasteiger partial charge >= 0.3 is 6.18 Å². The Balaban J connectivity index is 1.70. The smallest absolute Gasteiger partial charge is 0.421 e. The Morgan fingerprint density at radius 1 is 1.06 bits per heavy atom. The number of aldehydes is 1. The topological polar surface area (TPSA) is 87.3 Å². The van der Waals surface area contributed by atoms with Crippen LogP contribution in [0.15, 0.2) is 47.1 Å². The molecule has 2 heterocycles. The van der Waals surface area contributed by atoms with Crippen LogP contribution in [0.25, 0.3) is 11.0 Å². The molecule has 0 amide bonds. The second-order valence-electron chi connectivity index (χ2n) is 6.38. The van der Waals surface area contributed by atoms with Gasteiger partial charge in [0.05, 0.1) is 9.13 Å². The number of hydrogen-bond donors (Lipinski definition) is 0. The van der Waals surface area contributed by atoms with Crippen LogP contribution in [0.2, 0.25) is 0 Å². The van der Waals surface area contributed by atoms with Crippen molar-refractivity contribution in [2.75, 3.05) is 0 Å². The maximum absolute atomic E-state index is 14.3. The van der Waals surface area contributed by atoms with Crippen LogP contribution < -0.4 is 9.47 Å². The van der Waals surface area contributed by atoms with Crippen molar-refractivity contribution < 1.29 is 36.5 Å². The van der Waals surface area contributed by atoms with Crippen LogP contribution in [-0.2, 0) is 12.8 Å². The van der Waals surface area contributed by atoms with Gasteiger partial charge in [0.25, 0.3) is 0 Å². The lowest BCUT2D eigenvalue weighted by atomic mass is 10.2. The molecule has 2 aromatic heterocycles. The molecule has 4 aromatic rings. The van der Waals surface area contributed by atoms with Gasteiger partial charge in [0, 0.05) is 0 Å². The highest BCUT2D eigenvalue weighted by Crippen LogP contribution is 2.40. The van der Waals surface area contributed by atoms with E-state index in [1.165, 1.54) is 12.1 Å². The summed E-state index contributed by atoms with van der Waals surface area (Å²) in [7, 11) is 0. The molecule has 2 aromatic carbocycles.